The Hall–Kier alpha value is -7.55. The molecule has 0 N–H and O–H groups in total. The second kappa shape index (κ2) is 15.9. The minimum absolute atomic E-state index is 0.502. The van der Waals surface area contributed by atoms with Crippen LogP contribution in [0.2, 0.25) is 0 Å². The van der Waals surface area contributed by atoms with Crippen LogP contribution in [0.3, 0.4) is 0 Å². The van der Waals surface area contributed by atoms with E-state index in [0.29, 0.717) is 0 Å². The van der Waals surface area contributed by atoms with Crippen molar-refractivity contribution in [3.05, 3.63) is 288 Å². The van der Waals surface area contributed by atoms with Crippen LogP contribution in [-0.2, 0) is 10.8 Å². The summed E-state index contributed by atoms with van der Waals surface area (Å²) in [5, 5.41) is 5.03. The molecule has 0 fully saturated rings. The summed E-state index contributed by atoms with van der Waals surface area (Å²) in [5.41, 5.74) is 11.5. The highest BCUT2D eigenvalue weighted by molar-refractivity contribution is 6.13. The quantitative estimate of drug-likeness (QED) is 0.104. The van der Waals surface area contributed by atoms with Crippen molar-refractivity contribution in [3.8, 4) is 0 Å². The topological polar surface area (TPSA) is 6.25 Å². The molecule has 2 aliphatic heterocycles. The van der Waals surface area contributed by atoms with E-state index in [9.17, 15) is 0 Å². The Morgan fingerprint density at radius 1 is 0.410 bits per heavy atom. The zero-order valence-electron chi connectivity index (χ0n) is 34.6. The number of hydrogen-bond donors (Lipinski definition) is 0. The Labute approximate surface area is 359 Å². The van der Waals surface area contributed by atoms with E-state index >= 15 is 0 Å². The maximum Gasteiger partial charge on any atom is 0.210 e. The Kier molecular flexibility index (Phi) is 9.83. The summed E-state index contributed by atoms with van der Waals surface area (Å²) in [7, 11) is 4.41. The highest BCUT2D eigenvalue weighted by atomic mass is 15.2. The van der Waals surface area contributed by atoms with Crippen LogP contribution in [0.1, 0.15) is 33.4 Å². The van der Waals surface area contributed by atoms with Crippen LogP contribution >= 0.6 is 0 Å². The van der Waals surface area contributed by atoms with Crippen molar-refractivity contribution in [1.29, 1.82) is 0 Å². The predicted molar refractivity (Wildman–Crippen MR) is 257 cm³/mol. The first kappa shape index (κ1) is 37.7. The van der Waals surface area contributed by atoms with E-state index < -0.39 is 10.8 Å². The van der Waals surface area contributed by atoms with Crippen molar-refractivity contribution in [2.75, 3.05) is 19.0 Å². The van der Waals surface area contributed by atoms with Crippen molar-refractivity contribution >= 4 is 38.6 Å². The first-order valence-electron chi connectivity index (χ1n) is 21.2. The summed E-state index contributed by atoms with van der Waals surface area (Å²) in [6.45, 7) is 0. The molecule has 292 valence electrons. The molecule has 0 radical (unpaired) electrons. The molecule has 0 saturated heterocycles. The molecule has 0 bridgehead atoms. The number of rotatable bonds is 9. The number of fused-ring (bicyclic) bond motifs is 6. The molecule has 2 nitrogen and oxygen atoms in total. The number of nitrogens with zero attached hydrogens (tertiary/aromatic N) is 2. The molecular formula is C59H47N2+. The zero-order valence-corrected chi connectivity index (χ0v) is 34.6. The molecule has 61 heavy (non-hydrogen) atoms. The second-order valence-electron chi connectivity index (χ2n) is 15.9. The molecule has 8 aromatic rings. The van der Waals surface area contributed by atoms with E-state index in [0.717, 1.165) is 0 Å². The highest BCUT2D eigenvalue weighted by Gasteiger charge is 2.54. The van der Waals surface area contributed by atoms with Crippen LogP contribution in [-0.4, -0.2) is 24.4 Å². The number of allylic oxidation sites excluding steroid dienone is 10. The third-order valence-corrected chi connectivity index (χ3v) is 12.8. The van der Waals surface area contributed by atoms with Gasteiger partial charge in [0.15, 0.2) is 0 Å². The average Bonchev–Trinajstić information content (AvgIpc) is 3.74. The van der Waals surface area contributed by atoms with Crippen molar-refractivity contribution in [2.24, 2.45) is 0 Å². The van der Waals surface area contributed by atoms with Gasteiger partial charge in [-0.1, -0.05) is 218 Å². The summed E-state index contributed by atoms with van der Waals surface area (Å²) in [4.78, 5) is 2.38. The van der Waals surface area contributed by atoms with E-state index in [-0.39, 0.29) is 0 Å². The second-order valence-corrected chi connectivity index (χ2v) is 15.9. The Bertz CT molecular complexity index is 3000. The van der Waals surface area contributed by atoms with Crippen molar-refractivity contribution in [1.82, 2.24) is 0 Å². The molecule has 2 heteroatoms. The van der Waals surface area contributed by atoms with Gasteiger partial charge in [0, 0.05) is 36.1 Å². The van der Waals surface area contributed by atoms with Gasteiger partial charge in [0.05, 0.1) is 11.0 Å². The van der Waals surface area contributed by atoms with Gasteiger partial charge >= 0.3 is 0 Å². The average molecular weight is 784 g/mol. The SMILES string of the molecule is CN1/C(=C/C=C/C=C/C=C/C=C/C2=[N+](C)c3ccc4ccccc4c3C2(c2ccccc2)c2ccccc2)C(c2ccccc2)(c2ccccc2)c2c1ccc1ccccc21. The maximum absolute atomic E-state index is 2.38. The summed E-state index contributed by atoms with van der Waals surface area (Å²) in [6, 6.07) is 70.6. The van der Waals surface area contributed by atoms with Gasteiger partial charge < -0.3 is 4.90 Å². The largest absolute Gasteiger partial charge is 0.346 e. The third-order valence-electron chi connectivity index (χ3n) is 12.8. The van der Waals surface area contributed by atoms with E-state index in [1.807, 2.05) is 0 Å². The Balaban J connectivity index is 0.999. The van der Waals surface area contributed by atoms with Gasteiger partial charge in [0.25, 0.3) is 0 Å². The van der Waals surface area contributed by atoms with Gasteiger partial charge in [-0.15, -0.1) is 0 Å². The highest BCUT2D eigenvalue weighted by Crippen LogP contribution is 2.57. The van der Waals surface area contributed by atoms with E-state index in [1.165, 1.54) is 77.7 Å². The number of anilines is 1. The summed E-state index contributed by atoms with van der Waals surface area (Å²) in [6.07, 6.45) is 19.5. The van der Waals surface area contributed by atoms with Gasteiger partial charge in [0.1, 0.15) is 12.5 Å². The molecule has 10 rings (SSSR count). The van der Waals surface area contributed by atoms with E-state index in [1.54, 1.807) is 0 Å². The molecule has 8 aromatic carbocycles. The normalized spacial score (nSPS) is 16.3. The fourth-order valence-corrected chi connectivity index (χ4v) is 10.2. The molecule has 0 atom stereocenters. The molecular weight excluding hydrogens is 737 g/mol. The number of likely N-dealkylation sites (N-methyl/N-ethyl adjacent to an activating group) is 1. The summed E-state index contributed by atoms with van der Waals surface area (Å²) in [5.74, 6) is 0. The molecule has 0 aromatic heterocycles. The van der Waals surface area contributed by atoms with E-state index in [4.69, 9.17) is 0 Å². The zero-order chi connectivity index (χ0) is 41.2. The van der Waals surface area contributed by atoms with Crippen LogP contribution in [0.5, 0.6) is 0 Å². The lowest BCUT2D eigenvalue weighted by molar-refractivity contribution is -0.401. The van der Waals surface area contributed by atoms with Gasteiger partial charge in [-0.25, -0.2) is 0 Å². The molecule has 2 aliphatic rings. The minimum Gasteiger partial charge on any atom is -0.346 e. The summed E-state index contributed by atoms with van der Waals surface area (Å²) >= 11 is 0. The maximum atomic E-state index is 2.38. The fourth-order valence-electron chi connectivity index (χ4n) is 10.2. The molecule has 0 spiro atoms. The fraction of sp³-hybridized carbons (Fsp3) is 0.0678. The van der Waals surface area contributed by atoms with Gasteiger partial charge in [-0.3, -0.25) is 0 Å². The monoisotopic (exact) mass is 783 g/mol. The van der Waals surface area contributed by atoms with Gasteiger partial charge in [0.2, 0.25) is 11.4 Å². The Morgan fingerprint density at radius 2 is 0.836 bits per heavy atom. The lowest BCUT2D eigenvalue weighted by Gasteiger charge is -2.35. The Morgan fingerprint density at radius 3 is 1.38 bits per heavy atom. The van der Waals surface area contributed by atoms with E-state index in [2.05, 4.69) is 272 Å². The molecule has 0 saturated carbocycles. The van der Waals surface area contributed by atoms with Crippen LogP contribution < -0.4 is 4.90 Å². The van der Waals surface area contributed by atoms with Crippen molar-refractivity contribution in [3.63, 3.8) is 0 Å². The molecule has 0 amide bonds. The lowest BCUT2D eigenvalue weighted by Crippen LogP contribution is -2.36. The standard InChI is InChI=1S/C59H47N2/c1-60-52-42-40-44-26-22-24-36-50(44)56(52)58(46-28-12-8-13-29-46,47-30-14-9-15-31-47)54(60)38-20-6-4-3-5-7-21-39-55-59(48-32-16-10-17-33-48,49-34-18-11-19-35-49)57-51-37-25-23-27-45(51)41-43-53(57)61(55)2/h3-43H,1-2H3/q+1. The molecule has 0 aliphatic carbocycles. The number of hydrogen-bond acceptors (Lipinski definition) is 1. The van der Waals surface area contributed by atoms with Crippen LogP contribution in [0.15, 0.2) is 255 Å². The first-order chi connectivity index (χ1) is 30.1. The van der Waals surface area contributed by atoms with Gasteiger partial charge in [-0.2, -0.15) is 4.58 Å². The first-order valence-corrected chi connectivity index (χ1v) is 21.2. The van der Waals surface area contributed by atoms with Crippen LogP contribution in [0.4, 0.5) is 11.4 Å². The van der Waals surface area contributed by atoms with Gasteiger partial charge in [-0.05, 0) is 62.0 Å². The lowest BCUT2D eigenvalue weighted by atomic mass is 9.66. The van der Waals surface area contributed by atoms with Crippen molar-refractivity contribution in [2.45, 2.75) is 10.8 Å². The van der Waals surface area contributed by atoms with Crippen LogP contribution in [0.25, 0.3) is 21.5 Å². The third kappa shape index (κ3) is 6.06. The van der Waals surface area contributed by atoms with Crippen molar-refractivity contribution < 1.29 is 4.58 Å². The molecule has 2 heterocycles. The molecule has 0 unspecified atom stereocenters. The minimum atomic E-state index is -0.502. The number of benzene rings is 8. The van der Waals surface area contributed by atoms with Crippen LogP contribution in [0, 0.1) is 0 Å². The smallest absolute Gasteiger partial charge is 0.210 e. The summed E-state index contributed by atoms with van der Waals surface area (Å²) < 4.78 is 2.38. The predicted octanol–water partition coefficient (Wildman–Crippen LogP) is 13.6.